The highest BCUT2D eigenvalue weighted by atomic mass is 32.3. The van der Waals surface area contributed by atoms with Crippen molar-refractivity contribution in [1.82, 2.24) is 0 Å². The van der Waals surface area contributed by atoms with E-state index in [-0.39, 0.29) is 5.97 Å². The van der Waals surface area contributed by atoms with Crippen molar-refractivity contribution in [2.45, 2.75) is 45.1 Å². The average Bonchev–Trinajstić information content (AvgIpc) is 2.14. The topological polar surface area (TPSA) is 83.5 Å². The molecule has 6 nitrogen and oxygen atoms in total. The molecule has 0 heterocycles. The van der Waals surface area contributed by atoms with Crippen LogP contribution in [0.4, 0.5) is 3.89 Å². The summed E-state index contributed by atoms with van der Waals surface area (Å²) in [5.74, 6) is -0.185. The molecule has 0 aromatic rings. The molecule has 0 aromatic heterocycles. The van der Waals surface area contributed by atoms with Gasteiger partial charge in [-0.2, -0.15) is 0 Å². The van der Waals surface area contributed by atoms with Gasteiger partial charge in [0, 0.05) is 19.8 Å². The summed E-state index contributed by atoms with van der Waals surface area (Å²) >= 11 is 0. The molecule has 1 fully saturated rings. The molecule has 1 aliphatic carbocycles. The van der Waals surface area contributed by atoms with Crippen LogP contribution in [0.1, 0.15) is 39.0 Å². The van der Waals surface area contributed by atoms with Gasteiger partial charge in [0.2, 0.25) is 0 Å². The molecule has 0 amide bonds. The molecular formula is C10H20FNO5S. The SMILES string of the molecule is CC(=O)O[N+](C)(C)C1CCCCC1.O=S(=O)([O-])F. The summed E-state index contributed by atoms with van der Waals surface area (Å²) in [5.41, 5.74) is 0. The number of nitrogens with zero attached hydrogens (tertiary/aromatic N) is 1. The van der Waals surface area contributed by atoms with Gasteiger partial charge in [-0.25, -0.2) is 13.2 Å². The molecule has 8 heteroatoms. The molecule has 0 aliphatic heterocycles. The Morgan fingerprint density at radius 2 is 1.67 bits per heavy atom. The van der Waals surface area contributed by atoms with Gasteiger partial charge in [-0.3, -0.25) is 4.84 Å². The molecule has 0 saturated heterocycles. The van der Waals surface area contributed by atoms with Crippen LogP contribution in [0.25, 0.3) is 0 Å². The number of carbonyl (C=O) groups excluding carboxylic acids is 1. The lowest BCUT2D eigenvalue weighted by molar-refractivity contribution is -1.08. The van der Waals surface area contributed by atoms with Crippen molar-refractivity contribution >= 4 is 16.5 Å². The van der Waals surface area contributed by atoms with Crippen molar-refractivity contribution in [3.8, 4) is 0 Å². The normalized spacial score (nSPS) is 17.6. The first-order valence-corrected chi connectivity index (χ1v) is 7.02. The van der Waals surface area contributed by atoms with E-state index in [0.717, 1.165) is 0 Å². The quantitative estimate of drug-likeness (QED) is 0.330. The fraction of sp³-hybridized carbons (Fsp3) is 0.900. The first kappa shape index (κ1) is 17.3. The largest absolute Gasteiger partial charge is 0.722 e. The van der Waals surface area contributed by atoms with Crippen LogP contribution in [0.3, 0.4) is 0 Å². The molecule has 0 bridgehead atoms. The van der Waals surface area contributed by atoms with Crippen LogP contribution in [0.15, 0.2) is 0 Å². The Morgan fingerprint density at radius 3 is 2.00 bits per heavy atom. The molecular weight excluding hydrogens is 265 g/mol. The summed E-state index contributed by atoms with van der Waals surface area (Å²) in [4.78, 5) is 16.1. The van der Waals surface area contributed by atoms with Gasteiger partial charge in [0.15, 0.2) is 0 Å². The molecule has 0 spiro atoms. The van der Waals surface area contributed by atoms with Crippen molar-refractivity contribution in [2.24, 2.45) is 0 Å². The second kappa shape index (κ2) is 7.01. The molecule has 1 rings (SSSR count). The van der Waals surface area contributed by atoms with Crippen LogP contribution in [-0.2, 0) is 20.1 Å². The van der Waals surface area contributed by atoms with Gasteiger partial charge in [-0.05, 0) is 12.8 Å². The van der Waals surface area contributed by atoms with Crippen LogP contribution >= 0.6 is 0 Å². The molecule has 1 saturated carbocycles. The predicted octanol–water partition coefficient (Wildman–Crippen LogP) is 1.29. The maximum absolute atomic E-state index is 10.9. The zero-order valence-corrected chi connectivity index (χ0v) is 11.7. The van der Waals surface area contributed by atoms with Gasteiger partial charge >= 0.3 is 5.97 Å². The summed E-state index contributed by atoms with van der Waals surface area (Å²) in [6.45, 7) is 1.48. The van der Waals surface area contributed by atoms with Gasteiger partial charge in [0.25, 0.3) is 10.5 Å². The van der Waals surface area contributed by atoms with Crippen molar-refractivity contribution in [1.29, 1.82) is 0 Å². The summed E-state index contributed by atoms with van der Waals surface area (Å²) < 4.78 is 35.7. The third kappa shape index (κ3) is 9.32. The van der Waals surface area contributed by atoms with Crippen LogP contribution in [0.2, 0.25) is 0 Å². The number of hydrogen-bond acceptors (Lipinski definition) is 5. The Kier molecular flexibility index (Phi) is 6.72. The minimum Gasteiger partial charge on any atom is -0.722 e. The van der Waals surface area contributed by atoms with Crippen LogP contribution in [0.5, 0.6) is 0 Å². The van der Waals surface area contributed by atoms with E-state index in [4.69, 9.17) is 17.8 Å². The van der Waals surface area contributed by atoms with E-state index >= 15 is 0 Å². The first-order chi connectivity index (χ1) is 8.02. The standard InChI is InChI=1S/C10H20NO2.FHO3S/c1-9(12)13-11(2,3)10-7-5-4-6-8-10;1-5(2,3)4/h10H,4-8H2,1-3H3;(H,2,3,4)/q+1;/p-1. The fourth-order valence-corrected chi connectivity index (χ4v) is 2.11. The molecule has 0 unspecified atom stereocenters. The molecule has 0 atom stereocenters. The number of carbonyl (C=O) groups is 1. The summed E-state index contributed by atoms with van der Waals surface area (Å²) in [6.07, 6.45) is 6.23. The zero-order chi connectivity index (χ0) is 14.4. The molecule has 0 radical (unpaired) electrons. The highest BCUT2D eigenvalue weighted by molar-refractivity contribution is 7.80. The van der Waals surface area contributed by atoms with Crippen molar-refractivity contribution in [2.75, 3.05) is 14.1 Å². The van der Waals surface area contributed by atoms with E-state index < -0.39 is 10.5 Å². The van der Waals surface area contributed by atoms with Crippen molar-refractivity contribution in [3.63, 3.8) is 0 Å². The van der Waals surface area contributed by atoms with Crippen molar-refractivity contribution in [3.05, 3.63) is 0 Å². The highest BCUT2D eigenvalue weighted by Gasteiger charge is 2.33. The van der Waals surface area contributed by atoms with Gasteiger partial charge < -0.3 is 4.55 Å². The van der Waals surface area contributed by atoms with Crippen LogP contribution in [0, 0.1) is 0 Å². The van der Waals surface area contributed by atoms with Gasteiger partial charge in [-0.15, -0.1) is 8.53 Å². The third-order valence-corrected chi connectivity index (χ3v) is 2.82. The maximum Gasteiger partial charge on any atom is 0.363 e. The van der Waals surface area contributed by atoms with E-state index in [1.54, 1.807) is 0 Å². The van der Waals surface area contributed by atoms with Gasteiger partial charge in [0.05, 0.1) is 0 Å². The molecule has 1 aliphatic rings. The van der Waals surface area contributed by atoms with Gasteiger partial charge in [-0.1, -0.05) is 6.42 Å². The number of rotatable bonds is 2. The second-order valence-electron chi connectivity index (χ2n) is 4.70. The third-order valence-electron chi connectivity index (χ3n) is 2.82. The molecule has 108 valence electrons. The fourth-order valence-electron chi connectivity index (χ4n) is 2.11. The minimum atomic E-state index is -5.42. The predicted molar refractivity (Wildman–Crippen MR) is 61.6 cm³/mol. The summed E-state index contributed by atoms with van der Waals surface area (Å²) in [5, 5.41) is 0. The van der Waals surface area contributed by atoms with E-state index in [2.05, 4.69) is 0 Å². The first-order valence-electron chi connectivity index (χ1n) is 5.71. The lowest BCUT2D eigenvalue weighted by atomic mass is 9.94. The number of hydroxylamine groups is 3. The van der Waals surface area contributed by atoms with Crippen LogP contribution in [-0.4, -0.2) is 43.7 Å². The van der Waals surface area contributed by atoms with Gasteiger partial charge in [0.1, 0.15) is 20.1 Å². The Labute approximate surface area is 107 Å². The smallest absolute Gasteiger partial charge is 0.363 e. The van der Waals surface area contributed by atoms with E-state index in [1.165, 1.54) is 39.0 Å². The monoisotopic (exact) mass is 285 g/mol. The Balaban J connectivity index is 0.000000494. The Morgan fingerprint density at radius 1 is 1.28 bits per heavy atom. The van der Waals surface area contributed by atoms with E-state index in [0.29, 0.717) is 10.7 Å². The number of hydrogen-bond donors (Lipinski definition) is 0. The molecule has 0 aromatic carbocycles. The summed E-state index contributed by atoms with van der Waals surface area (Å²) in [7, 11) is -1.48. The highest BCUT2D eigenvalue weighted by Crippen LogP contribution is 2.25. The minimum absolute atomic E-state index is 0.185. The zero-order valence-electron chi connectivity index (χ0n) is 10.9. The van der Waals surface area contributed by atoms with Crippen molar-refractivity contribution < 1.29 is 31.1 Å². The molecule has 0 N–H and O–H groups in total. The average molecular weight is 285 g/mol. The maximum atomic E-state index is 10.9. The lowest BCUT2D eigenvalue weighted by Gasteiger charge is -2.35. The molecule has 18 heavy (non-hydrogen) atoms. The lowest BCUT2D eigenvalue weighted by Crippen LogP contribution is -2.50. The van der Waals surface area contributed by atoms with E-state index in [1.807, 2.05) is 14.1 Å². The number of quaternary nitrogens is 1. The van der Waals surface area contributed by atoms with E-state index in [9.17, 15) is 8.68 Å². The Bertz CT molecular complexity index is 354. The summed E-state index contributed by atoms with van der Waals surface area (Å²) in [6, 6.07) is 0.498. The number of halogens is 1. The Hall–Kier alpha value is -0.730. The second-order valence-corrected chi connectivity index (χ2v) is 5.49. The van der Waals surface area contributed by atoms with Crippen LogP contribution < -0.4 is 0 Å².